The number of carbonyl (C=O) groups is 1. The fraction of sp³-hybridized carbons (Fsp3) is 0.333. The van der Waals surface area contributed by atoms with Crippen LogP contribution in [0.15, 0.2) is 47.1 Å². The lowest BCUT2D eigenvalue weighted by molar-refractivity contribution is -0.137. The number of aromatic nitrogens is 1. The molecular formula is C18H17BrF3N3O. The predicted octanol–water partition coefficient (Wildman–Crippen LogP) is 4.26. The lowest BCUT2D eigenvalue weighted by Gasteiger charge is -2.33. The van der Waals surface area contributed by atoms with E-state index in [2.05, 4.69) is 26.2 Å². The number of carbonyl (C=O) groups excluding carboxylic acids is 1. The Balaban J connectivity index is 1.55. The minimum Gasteiger partial charge on any atom is -0.356 e. The Morgan fingerprint density at radius 2 is 1.92 bits per heavy atom. The Bertz CT molecular complexity index is 772. The molecule has 0 atom stereocenters. The van der Waals surface area contributed by atoms with Crippen molar-refractivity contribution in [3.8, 4) is 0 Å². The highest BCUT2D eigenvalue weighted by atomic mass is 79.9. The molecule has 2 heterocycles. The van der Waals surface area contributed by atoms with Crippen LogP contribution in [0.1, 0.15) is 28.8 Å². The lowest BCUT2D eigenvalue weighted by atomic mass is 10.0. The first-order valence-electron chi connectivity index (χ1n) is 8.17. The molecule has 26 heavy (non-hydrogen) atoms. The maximum Gasteiger partial charge on any atom is 0.417 e. The number of rotatable bonds is 3. The molecule has 0 unspecified atom stereocenters. The van der Waals surface area contributed by atoms with E-state index in [1.807, 2.05) is 11.0 Å². The summed E-state index contributed by atoms with van der Waals surface area (Å²) < 4.78 is 38.6. The van der Waals surface area contributed by atoms with Gasteiger partial charge in [-0.25, -0.2) is 4.98 Å². The Morgan fingerprint density at radius 3 is 2.50 bits per heavy atom. The molecule has 1 saturated heterocycles. The van der Waals surface area contributed by atoms with Gasteiger partial charge in [0.2, 0.25) is 0 Å². The van der Waals surface area contributed by atoms with E-state index < -0.39 is 11.7 Å². The van der Waals surface area contributed by atoms with E-state index in [9.17, 15) is 18.0 Å². The van der Waals surface area contributed by atoms with Crippen LogP contribution in [-0.4, -0.2) is 30.0 Å². The molecule has 0 aliphatic carbocycles. The standard InChI is InChI=1S/C18H17BrF3N3O/c19-14-3-1-2-12(10-14)17(26)24-15-6-8-25(9-7-15)16-5-4-13(11-23-16)18(20,21)22/h1-5,10-11,15H,6-9H2,(H,24,26). The predicted molar refractivity (Wildman–Crippen MR) is 96.1 cm³/mol. The van der Waals surface area contributed by atoms with Gasteiger partial charge in [-0.05, 0) is 43.2 Å². The molecule has 1 aliphatic rings. The largest absolute Gasteiger partial charge is 0.417 e. The molecule has 1 aromatic heterocycles. The first-order valence-corrected chi connectivity index (χ1v) is 8.97. The average Bonchev–Trinajstić information content (AvgIpc) is 2.62. The summed E-state index contributed by atoms with van der Waals surface area (Å²) in [5.41, 5.74) is -0.163. The van der Waals surface area contributed by atoms with Gasteiger partial charge in [0.05, 0.1) is 5.56 Å². The Labute approximate surface area is 157 Å². The third-order valence-electron chi connectivity index (χ3n) is 4.32. The van der Waals surface area contributed by atoms with E-state index in [0.29, 0.717) is 37.3 Å². The number of amides is 1. The van der Waals surface area contributed by atoms with E-state index in [1.165, 1.54) is 6.07 Å². The van der Waals surface area contributed by atoms with E-state index >= 15 is 0 Å². The highest BCUT2D eigenvalue weighted by Gasteiger charge is 2.31. The summed E-state index contributed by atoms with van der Waals surface area (Å²) in [6.45, 7) is 1.25. The fourth-order valence-corrected chi connectivity index (χ4v) is 3.29. The summed E-state index contributed by atoms with van der Waals surface area (Å²) >= 11 is 3.34. The SMILES string of the molecule is O=C(NC1CCN(c2ccc(C(F)(F)F)cn2)CC1)c1cccc(Br)c1. The van der Waals surface area contributed by atoms with Crippen LogP contribution in [0.2, 0.25) is 0 Å². The van der Waals surface area contributed by atoms with Crippen molar-refractivity contribution in [3.63, 3.8) is 0 Å². The molecule has 1 N–H and O–H groups in total. The second-order valence-corrected chi connectivity index (χ2v) is 7.06. The molecule has 4 nitrogen and oxygen atoms in total. The van der Waals surface area contributed by atoms with Crippen molar-refractivity contribution in [3.05, 3.63) is 58.2 Å². The summed E-state index contributed by atoms with van der Waals surface area (Å²) in [7, 11) is 0. The highest BCUT2D eigenvalue weighted by Crippen LogP contribution is 2.29. The number of alkyl halides is 3. The number of nitrogens with one attached hydrogen (secondary N) is 1. The molecule has 3 rings (SSSR count). The average molecular weight is 428 g/mol. The normalized spacial score (nSPS) is 15.8. The molecule has 0 spiro atoms. The van der Waals surface area contributed by atoms with Crippen LogP contribution in [0.4, 0.5) is 19.0 Å². The molecule has 1 fully saturated rings. The van der Waals surface area contributed by atoms with Crippen LogP contribution in [-0.2, 0) is 6.18 Å². The molecule has 1 amide bonds. The van der Waals surface area contributed by atoms with Gasteiger partial charge in [-0.1, -0.05) is 22.0 Å². The minimum absolute atomic E-state index is 0.0344. The zero-order valence-corrected chi connectivity index (χ0v) is 15.3. The molecule has 0 bridgehead atoms. The fourth-order valence-electron chi connectivity index (χ4n) is 2.89. The van der Waals surface area contributed by atoms with Gasteiger partial charge >= 0.3 is 6.18 Å². The molecule has 138 valence electrons. The van der Waals surface area contributed by atoms with Gasteiger partial charge in [-0.3, -0.25) is 4.79 Å². The van der Waals surface area contributed by atoms with Crippen molar-refractivity contribution in [2.24, 2.45) is 0 Å². The second-order valence-electron chi connectivity index (χ2n) is 6.15. The van der Waals surface area contributed by atoms with Crippen LogP contribution < -0.4 is 10.2 Å². The van der Waals surface area contributed by atoms with Crippen molar-refractivity contribution in [1.29, 1.82) is 0 Å². The molecular weight excluding hydrogens is 411 g/mol. The first kappa shape index (κ1) is 18.7. The van der Waals surface area contributed by atoms with Gasteiger partial charge in [-0.2, -0.15) is 13.2 Å². The van der Waals surface area contributed by atoms with E-state index in [0.717, 1.165) is 16.7 Å². The van der Waals surface area contributed by atoms with Crippen LogP contribution in [0.5, 0.6) is 0 Å². The van der Waals surface area contributed by atoms with E-state index in [-0.39, 0.29) is 11.9 Å². The minimum atomic E-state index is -4.38. The number of hydrogen-bond donors (Lipinski definition) is 1. The van der Waals surface area contributed by atoms with Gasteiger partial charge in [0.25, 0.3) is 5.91 Å². The van der Waals surface area contributed by atoms with Crippen LogP contribution in [0, 0.1) is 0 Å². The first-order chi connectivity index (χ1) is 12.3. The summed E-state index contributed by atoms with van der Waals surface area (Å²) in [6, 6.07) is 9.64. The smallest absolute Gasteiger partial charge is 0.356 e. The second kappa shape index (κ2) is 7.65. The zero-order chi connectivity index (χ0) is 18.7. The maximum atomic E-state index is 12.6. The Morgan fingerprint density at radius 1 is 1.19 bits per heavy atom. The third kappa shape index (κ3) is 4.55. The van der Waals surface area contributed by atoms with Crippen molar-refractivity contribution in [2.45, 2.75) is 25.1 Å². The van der Waals surface area contributed by atoms with Crippen LogP contribution in [0.25, 0.3) is 0 Å². The monoisotopic (exact) mass is 427 g/mol. The Hall–Kier alpha value is -2.09. The van der Waals surface area contributed by atoms with Gasteiger partial charge in [0.15, 0.2) is 0 Å². The zero-order valence-electron chi connectivity index (χ0n) is 13.8. The number of benzene rings is 1. The molecule has 0 radical (unpaired) electrons. The van der Waals surface area contributed by atoms with Crippen molar-refractivity contribution < 1.29 is 18.0 Å². The van der Waals surface area contributed by atoms with Crippen molar-refractivity contribution in [2.75, 3.05) is 18.0 Å². The van der Waals surface area contributed by atoms with Crippen LogP contribution >= 0.6 is 15.9 Å². The number of anilines is 1. The summed E-state index contributed by atoms with van der Waals surface area (Å²) in [6.07, 6.45) is -2.10. The third-order valence-corrected chi connectivity index (χ3v) is 4.81. The van der Waals surface area contributed by atoms with E-state index in [1.54, 1.807) is 18.2 Å². The van der Waals surface area contributed by atoms with Gasteiger partial charge in [0.1, 0.15) is 5.82 Å². The van der Waals surface area contributed by atoms with Gasteiger partial charge in [-0.15, -0.1) is 0 Å². The van der Waals surface area contributed by atoms with Crippen LogP contribution in [0.3, 0.4) is 0 Å². The lowest BCUT2D eigenvalue weighted by Crippen LogP contribution is -2.45. The molecule has 1 aromatic carbocycles. The number of hydrogen-bond acceptors (Lipinski definition) is 3. The molecule has 0 saturated carbocycles. The van der Waals surface area contributed by atoms with Gasteiger partial charge in [0, 0.05) is 35.4 Å². The van der Waals surface area contributed by atoms with Crippen molar-refractivity contribution >= 4 is 27.7 Å². The number of piperidine rings is 1. The number of nitrogens with zero attached hydrogens (tertiary/aromatic N) is 2. The molecule has 2 aromatic rings. The van der Waals surface area contributed by atoms with E-state index in [4.69, 9.17) is 0 Å². The number of halogens is 4. The highest BCUT2D eigenvalue weighted by molar-refractivity contribution is 9.10. The van der Waals surface area contributed by atoms with Crippen molar-refractivity contribution in [1.82, 2.24) is 10.3 Å². The quantitative estimate of drug-likeness (QED) is 0.795. The number of pyridine rings is 1. The topological polar surface area (TPSA) is 45.2 Å². The molecule has 1 aliphatic heterocycles. The summed E-state index contributed by atoms with van der Waals surface area (Å²) in [5.74, 6) is 0.396. The summed E-state index contributed by atoms with van der Waals surface area (Å²) in [5, 5.41) is 3.01. The van der Waals surface area contributed by atoms with Gasteiger partial charge < -0.3 is 10.2 Å². The Kier molecular flexibility index (Phi) is 5.50. The summed E-state index contributed by atoms with van der Waals surface area (Å²) in [4.78, 5) is 18.1. The molecule has 8 heteroatoms. The maximum absolute atomic E-state index is 12.6.